The second-order valence-corrected chi connectivity index (χ2v) is 6.04. The van der Waals surface area contributed by atoms with E-state index in [0.717, 1.165) is 36.4 Å². The summed E-state index contributed by atoms with van der Waals surface area (Å²) in [4.78, 5) is 11.9. The Kier molecular flexibility index (Phi) is 5.61. The van der Waals surface area contributed by atoms with Gasteiger partial charge in [0.05, 0.1) is 0 Å². The van der Waals surface area contributed by atoms with Crippen LogP contribution in [0.5, 0.6) is 0 Å². The molecule has 2 N–H and O–H groups in total. The van der Waals surface area contributed by atoms with E-state index in [1.807, 2.05) is 24.3 Å². The Hall–Kier alpha value is -2.18. The highest BCUT2D eigenvalue weighted by atomic mass is 35.5. The van der Waals surface area contributed by atoms with E-state index >= 15 is 0 Å². The number of rotatable bonds is 6. The molecule has 1 saturated heterocycles. The van der Waals surface area contributed by atoms with Crippen LogP contribution in [0.2, 0.25) is 5.02 Å². The molecule has 2 aromatic rings. The average molecular weight is 347 g/mol. The van der Waals surface area contributed by atoms with Crippen LogP contribution in [-0.4, -0.2) is 35.4 Å². The van der Waals surface area contributed by atoms with Crippen molar-refractivity contribution in [1.29, 1.82) is 0 Å². The first-order valence-corrected chi connectivity index (χ1v) is 8.33. The number of benzene rings is 1. The van der Waals surface area contributed by atoms with E-state index in [4.69, 9.17) is 16.3 Å². The number of carbonyl (C=O) groups excluding carboxylic acids is 1. The Morgan fingerprint density at radius 1 is 1.25 bits per heavy atom. The lowest BCUT2D eigenvalue weighted by molar-refractivity contribution is -0.124. The number of nitrogens with one attached hydrogen (secondary N) is 2. The van der Waals surface area contributed by atoms with Crippen molar-refractivity contribution in [3.05, 3.63) is 47.0 Å². The van der Waals surface area contributed by atoms with E-state index in [1.165, 1.54) is 0 Å². The molecule has 126 valence electrons. The molecule has 1 aliphatic rings. The van der Waals surface area contributed by atoms with Crippen molar-refractivity contribution in [1.82, 2.24) is 10.2 Å². The zero-order valence-electron chi connectivity index (χ0n) is 13.2. The van der Waals surface area contributed by atoms with Crippen molar-refractivity contribution in [2.75, 3.05) is 23.8 Å². The zero-order valence-corrected chi connectivity index (χ0v) is 13.9. The summed E-state index contributed by atoms with van der Waals surface area (Å²) in [6.45, 7) is 1.36. The smallest absolute Gasteiger partial charge is 0.254 e. The fourth-order valence-corrected chi connectivity index (χ4v) is 2.72. The van der Waals surface area contributed by atoms with Crippen LogP contribution >= 0.6 is 11.6 Å². The lowest BCUT2D eigenvalue weighted by atomic mass is 10.1. The molecule has 6 nitrogen and oxygen atoms in total. The normalized spacial score (nSPS) is 16.8. The highest BCUT2D eigenvalue weighted by Gasteiger charge is 2.23. The molecular formula is C17H19ClN4O2. The quantitative estimate of drug-likeness (QED) is 0.841. The van der Waals surface area contributed by atoms with Gasteiger partial charge in [-0.25, -0.2) is 0 Å². The number of amides is 1. The van der Waals surface area contributed by atoms with Crippen LogP contribution in [0.25, 0.3) is 0 Å². The fourth-order valence-electron chi connectivity index (χ4n) is 2.51. The summed E-state index contributed by atoms with van der Waals surface area (Å²) in [6.07, 6.45) is 2.13. The highest BCUT2D eigenvalue weighted by Crippen LogP contribution is 2.15. The number of hydrogen-bond donors (Lipinski definition) is 2. The molecule has 1 aliphatic heterocycles. The largest absolute Gasteiger partial charge is 0.368 e. The lowest BCUT2D eigenvalue weighted by Gasteiger charge is -2.10. The van der Waals surface area contributed by atoms with E-state index in [1.54, 1.807) is 12.1 Å². The average Bonchev–Trinajstić information content (AvgIpc) is 3.11. The van der Waals surface area contributed by atoms with E-state index in [9.17, 15) is 4.79 Å². The molecule has 0 aliphatic carbocycles. The summed E-state index contributed by atoms with van der Waals surface area (Å²) < 4.78 is 5.33. The van der Waals surface area contributed by atoms with Gasteiger partial charge in [0.1, 0.15) is 11.9 Å². The van der Waals surface area contributed by atoms with Gasteiger partial charge in [0.15, 0.2) is 5.82 Å². The summed E-state index contributed by atoms with van der Waals surface area (Å²) in [5, 5.41) is 14.7. The molecule has 1 atom stereocenters. The highest BCUT2D eigenvalue weighted by molar-refractivity contribution is 6.30. The molecule has 0 bridgehead atoms. The van der Waals surface area contributed by atoms with Crippen LogP contribution in [0, 0.1) is 0 Å². The summed E-state index contributed by atoms with van der Waals surface area (Å²) in [6, 6.07) is 11.3. The monoisotopic (exact) mass is 346 g/mol. The van der Waals surface area contributed by atoms with Crippen LogP contribution in [0.15, 0.2) is 36.4 Å². The molecular weight excluding hydrogens is 328 g/mol. The molecule has 0 saturated carbocycles. The SMILES string of the molecule is O=C(Nc1ccc(NCCc2cccc(Cl)c2)nn1)C1CCCO1. The van der Waals surface area contributed by atoms with Crippen molar-refractivity contribution in [3.8, 4) is 0 Å². The number of anilines is 2. The van der Waals surface area contributed by atoms with Crippen molar-refractivity contribution < 1.29 is 9.53 Å². The molecule has 0 radical (unpaired) electrons. The first kappa shape index (κ1) is 16.7. The van der Waals surface area contributed by atoms with Gasteiger partial charge in [-0.05, 0) is 49.1 Å². The van der Waals surface area contributed by atoms with Crippen LogP contribution in [0.3, 0.4) is 0 Å². The molecule has 2 heterocycles. The molecule has 7 heteroatoms. The van der Waals surface area contributed by atoms with Gasteiger partial charge in [0, 0.05) is 18.2 Å². The Bertz CT molecular complexity index is 687. The van der Waals surface area contributed by atoms with E-state index in [0.29, 0.717) is 18.2 Å². The van der Waals surface area contributed by atoms with E-state index in [2.05, 4.69) is 20.8 Å². The summed E-state index contributed by atoms with van der Waals surface area (Å²) in [5.74, 6) is 0.923. The fraction of sp³-hybridized carbons (Fsp3) is 0.353. The van der Waals surface area contributed by atoms with Gasteiger partial charge in [-0.3, -0.25) is 4.79 Å². The second-order valence-electron chi connectivity index (χ2n) is 5.60. The van der Waals surface area contributed by atoms with Gasteiger partial charge in [0.25, 0.3) is 5.91 Å². The molecule has 0 spiro atoms. The van der Waals surface area contributed by atoms with Gasteiger partial charge in [-0.15, -0.1) is 10.2 Å². The standard InChI is InChI=1S/C17H19ClN4O2/c18-13-4-1-3-12(11-13)8-9-19-15-6-7-16(22-21-15)20-17(23)14-5-2-10-24-14/h1,3-4,6-7,11,14H,2,5,8-10H2,(H,19,21)(H,20,22,23). The lowest BCUT2D eigenvalue weighted by Crippen LogP contribution is -2.27. The zero-order chi connectivity index (χ0) is 16.8. The van der Waals surface area contributed by atoms with Crippen molar-refractivity contribution in [3.63, 3.8) is 0 Å². The maximum Gasteiger partial charge on any atom is 0.254 e. The van der Waals surface area contributed by atoms with Crippen LogP contribution < -0.4 is 10.6 Å². The predicted octanol–water partition coefficient (Wildman–Crippen LogP) is 2.90. The van der Waals surface area contributed by atoms with E-state index in [-0.39, 0.29) is 12.0 Å². The van der Waals surface area contributed by atoms with Gasteiger partial charge in [-0.1, -0.05) is 23.7 Å². The minimum absolute atomic E-state index is 0.163. The Labute approximate surface area is 145 Å². The third-order valence-corrected chi connectivity index (χ3v) is 3.98. The summed E-state index contributed by atoms with van der Waals surface area (Å²) >= 11 is 5.96. The van der Waals surface area contributed by atoms with Gasteiger partial charge in [-0.2, -0.15) is 0 Å². The third-order valence-electron chi connectivity index (χ3n) is 3.75. The predicted molar refractivity (Wildman–Crippen MR) is 93.3 cm³/mol. The van der Waals surface area contributed by atoms with Gasteiger partial charge < -0.3 is 15.4 Å². The Morgan fingerprint density at radius 2 is 2.08 bits per heavy atom. The maximum absolute atomic E-state index is 11.9. The first-order chi connectivity index (χ1) is 11.7. The second kappa shape index (κ2) is 8.08. The van der Waals surface area contributed by atoms with Gasteiger partial charge >= 0.3 is 0 Å². The topological polar surface area (TPSA) is 76.1 Å². The summed E-state index contributed by atoms with van der Waals surface area (Å²) in [7, 11) is 0. The molecule has 1 amide bonds. The number of ether oxygens (including phenoxy) is 1. The van der Waals surface area contributed by atoms with Crippen molar-refractivity contribution in [2.45, 2.75) is 25.4 Å². The minimum Gasteiger partial charge on any atom is -0.368 e. The van der Waals surface area contributed by atoms with Crippen LogP contribution in [0.4, 0.5) is 11.6 Å². The molecule has 1 aromatic heterocycles. The number of carbonyl (C=O) groups is 1. The molecule has 1 unspecified atom stereocenters. The number of halogens is 1. The van der Waals surface area contributed by atoms with Crippen molar-refractivity contribution >= 4 is 29.1 Å². The number of hydrogen-bond acceptors (Lipinski definition) is 5. The van der Waals surface area contributed by atoms with Crippen molar-refractivity contribution in [2.24, 2.45) is 0 Å². The van der Waals surface area contributed by atoms with Crippen LogP contribution in [0.1, 0.15) is 18.4 Å². The summed E-state index contributed by atoms with van der Waals surface area (Å²) in [5.41, 5.74) is 1.16. The first-order valence-electron chi connectivity index (χ1n) is 7.95. The van der Waals surface area contributed by atoms with Crippen LogP contribution in [-0.2, 0) is 16.0 Å². The minimum atomic E-state index is -0.373. The molecule has 24 heavy (non-hydrogen) atoms. The molecule has 1 aromatic carbocycles. The Balaban J connectivity index is 1.46. The van der Waals surface area contributed by atoms with Gasteiger partial charge in [0.2, 0.25) is 0 Å². The number of aromatic nitrogens is 2. The molecule has 1 fully saturated rings. The maximum atomic E-state index is 11.9. The third kappa shape index (κ3) is 4.66. The molecule has 3 rings (SSSR count). The number of nitrogens with zero attached hydrogens (tertiary/aromatic N) is 2. The Morgan fingerprint density at radius 3 is 2.79 bits per heavy atom. The van der Waals surface area contributed by atoms with E-state index < -0.39 is 0 Å².